The van der Waals surface area contributed by atoms with Crippen LogP contribution in [-0.4, -0.2) is 33.4 Å². The maximum Gasteiger partial charge on any atom is 0.338 e. The smallest absolute Gasteiger partial charge is 0.338 e. The molecule has 0 bridgehead atoms. The molecule has 0 radical (unpaired) electrons. The lowest BCUT2D eigenvalue weighted by molar-refractivity contribution is -0.114. The van der Waals surface area contributed by atoms with Crippen molar-refractivity contribution in [2.45, 2.75) is 18.7 Å². The molecule has 0 saturated carbocycles. The Morgan fingerprint density at radius 3 is 2.39 bits per heavy atom. The molecule has 0 atom stereocenters. The highest BCUT2D eigenvalue weighted by atomic mass is 35.5. The molecule has 9 heteroatoms. The van der Waals surface area contributed by atoms with Crippen molar-refractivity contribution in [3.63, 3.8) is 0 Å². The number of amides is 1. The van der Waals surface area contributed by atoms with Crippen molar-refractivity contribution in [1.29, 1.82) is 0 Å². The minimum Gasteiger partial charge on any atom is -0.462 e. The van der Waals surface area contributed by atoms with Gasteiger partial charge in [0.25, 0.3) is 10.0 Å². The Hall–Kier alpha value is -3.36. The number of nitrogens with zero attached hydrogens (tertiary/aromatic N) is 1. The van der Waals surface area contributed by atoms with Gasteiger partial charge in [-0.1, -0.05) is 41.9 Å². The van der Waals surface area contributed by atoms with Gasteiger partial charge in [-0.3, -0.25) is 9.10 Å². The molecule has 0 aliphatic carbocycles. The molecule has 0 heterocycles. The van der Waals surface area contributed by atoms with E-state index in [9.17, 15) is 18.0 Å². The van der Waals surface area contributed by atoms with Crippen LogP contribution in [0.15, 0.2) is 77.7 Å². The van der Waals surface area contributed by atoms with Crippen LogP contribution in [0.2, 0.25) is 5.02 Å². The molecule has 1 N–H and O–H groups in total. The van der Waals surface area contributed by atoms with E-state index in [1.165, 1.54) is 18.2 Å². The van der Waals surface area contributed by atoms with E-state index in [-0.39, 0.29) is 17.1 Å². The van der Waals surface area contributed by atoms with E-state index in [0.29, 0.717) is 22.0 Å². The van der Waals surface area contributed by atoms with Crippen LogP contribution in [0, 0.1) is 6.92 Å². The second kappa shape index (κ2) is 10.5. The van der Waals surface area contributed by atoms with Gasteiger partial charge >= 0.3 is 5.97 Å². The first kappa shape index (κ1) is 24.3. The highest BCUT2D eigenvalue weighted by Gasteiger charge is 2.28. The van der Waals surface area contributed by atoms with Crippen LogP contribution < -0.4 is 9.62 Å². The fourth-order valence-electron chi connectivity index (χ4n) is 3.15. The summed E-state index contributed by atoms with van der Waals surface area (Å²) in [4.78, 5) is 24.9. The van der Waals surface area contributed by atoms with Crippen molar-refractivity contribution in [1.82, 2.24) is 0 Å². The molecule has 3 rings (SSSR count). The van der Waals surface area contributed by atoms with Crippen LogP contribution in [0.3, 0.4) is 0 Å². The predicted octanol–water partition coefficient (Wildman–Crippen LogP) is 4.66. The summed E-state index contributed by atoms with van der Waals surface area (Å²) >= 11 is 6.23. The highest BCUT2D eigenvalue weighted by molar-refractivity contribution is 7.92. The van der Waals surface area contributed by atoms with E-state index in [0.717, 1.165) is 4.31 Å². The van der Waals surface area contributed by atoms with E-state index < -0.39 is 28.4 Å². The Labute approximate surface area is 198 Å². The van der Waals surface area contributed by atoms with Gasteiger partial charge in [0.15, 0.2) is 0 Å². The molecular weight excluding hydrogens is 464 g/mol. The quantitative estimate of drug-likeness (QED) is 0.467. The van der Waals surface area contributed by atoms with Crippen molar-refractivity contribution in [3.8, 4) is 0 Å². The molecule has 0 fully saturated rings. The van der Waals surface area contributed by atoms with E-state index in [2.05, 4.69) is 5.32 Å². The Morgan fingerprint density at radius 1 is 1.00 bits per heavy atom. The molecule has 7 nitrogen and oxygen atoms in total. The molecule has 1 amide bonds. The zero-order valence-corrected chi connectivity index (χ0v) is 19.7. The maximum atomic E-state index is 13.4. The van der Waals surface area contributed by atoms with E-state index in [4.69, 9.17) is 16.3 Å². The Morgan fingerprint density at radius 2 is 1.70 bits per heavy atom. The van der Waals surface area contributed by atoms with Crippen LogP contribution in [-0.2, 0) is 19.6 Å². The SMILES string of the molecule is CCOC(=O)c1cccc(NC(=O)CN(c2cccc(Cl)c2C)S(=O)(=O)c2ccccc2)c1. The number of hydrogen-bond acceptors (Lipinski definition) is 5. The van der Waals surface area contributed by atoms with Gasteiger partial charge in [0.05, 0.1) is 22.8 Å². The standard InChI is InChI=1S/C24H23ClN2O5S/c1-3-32-24(29)18-9-7-10-19(15-18)26-23(28)16-27(22-14-8-13-21(25)17(22)2)33(30,31)20-11-5-4-6-12-20/h4-15H,3,16H2,1-2H3,(H,26,28). The summed E-state index contributed by atoms with van der Waals surface area (Å²) < 4.78 is 32.9. The van der Waals surface area contributed by atoms with Crippen LogP contribution in [0.1, 0.15) is 22.8 Å². The summed E-state index contributed by atoms with van der Waals surface area (Å²) in [5.74, 6) is -1.11. The molecular formula is C24H23ClN2O5S. The monoisotopic (exact) mass is 486 g/mol. The fraction of sp³-hybridized carbons (Fsp3) is 0.167. The van der Waals surface area contributed by atoms with Crippen LogP contribution in [0.25, 0.3) is 0 Å². The third-order valence-corrected chi connectivity index (χ3v) is 6.97. The van der Waals surface area contributed by atoms with E-state index >= 15 is 0 Å². The molecule has 0 aromatic heterocycles. The highest BCUT2D eigenvalue weighted by Crippen LogP contribution is 2.30. The van der Waals surface area contributed by atoms with Crippen molar-refractivity contribution in [2.75, 3.05) is 22.8 Å². The first-order valence-corrected chi connectivity index (χ1v) is 12.0. The van der Waals surface area contributed by atoms with Crippen molar-refractivity contribution in [2.24, 2.45) is 0 Å². The van der Waals surface area contributed by atoms with Crippen LogP contribution in [0.5, 0.6) is 0 Å². The molecule has 0 aliphatic rings. The van der Waals surface area contributed by atoms with Gasteiger partial charge in [0.1, 0.15) is 6.54 Å². The fourth-order valence-corrected chi connectivity index (χ4v) is 4.82. The lowest BCUT2D eigenvalue weighted by Gasteiger charge is -2.26. The van der Waals surface area contributed by atoms with Crippen LogP contribution >= 0.6 is 11.6 Å². The number of carbonyl (C=O) groups is 2. The summed E-state index contributed by atoms with van der Waals surface area (Å²) in [7, 11) is -4.07. The summed E-state index contributed by atoms with van der Waals surface area (Å²) in [5, 5.41) is 3.03. The predicted molar refractivity (Wildman–Crippen MR) is 128 cm³/mol. The Kier molecular flexibility index (Phi) is 7.73. The minimum atomic E-state index is -4.07. The van der Waals surface area contributed by atoms with Crippen LogP contribution in [0.4, 0.5) is 11.4 Å². The average Bonchev–Trinajstić information content (AvgIpc) is 2.80. The molecule has 3 aromatic rings. The number of hydrogen-bond donors (Lipinski definition) is 1. The lowest BCUT2D eigenvalue weighted by atomic mass is 10.2. The van der Waals surface area contributed by atoms with E-state index in [1.807, 2.05) is 0 Å². The first-order valence-electron chi connectivity index (χ1n) is 10.1. The minimum absolute atomic E-state index is 0.0430. The van der Waals surface area contributed by atoms with E-state index in [1.54, 1.807) is 68.4 Å². The summed E-state index contributed by atoms with van der Waals surface area (Å²) in [6, 6.07) is 18.9. The summed E-state index contributed by atoms with van der Waals surface area (Å²) in [6.45, 7) is 3.11. The third kappa shape index (κ3) is 5.71. The van der Waals surface area contributed by atoms with Crippen molar-refractivity contribution >= 4 is 44.9 Å². The number of sulfonamides is 1. The number of anilines is 2. The van der Waals surface area contributed by atoms with Gasteiger partial charge in [-0.2, -0.15) is 0 Å². The number of esters is 1. The first-order chi connectivity index (χ1) is 15.7. The number of rotatable bonds is 8. The third-order valence-electron chi connectivity index (χ3n) is 4.78. The molecule has 0 unspecified atom stereocenters. The zero-order chi connectivity index (χ0) is 24.0. The topological polar surface area (TPSA) is 92.8 Å². The zero-order valence-electron chi connectivity index (χ0n) is 18.1. The number of benzene rings is 3. The van der Waals surface area contributed by atoms with Gasteiger partial charge in [-0.05, 0) is 61.9 Å². The van der Waals surface area contributed by atoms with Gasteiger partial charge < -0.3 is 10.1 Å². The normalized spacial score (nSPS) is 11.0. The number of carbonyl (C=O) groups excluding carboxylic acids is 2. The Balaban J connectivity index is 1.93. The number of halogens is 1. The van der Waals surface area contributed by atoms with Gasteiger partial charge in [-0.25, -0.2) is 13.2 Å². The molecule has 0 aliphatic heterocycles. The number of nitrogens with one attached hydrogen (secondary N) is 1. The average molecular weight is 487 g/mol. The maximum absolute atomic E-state index is 13.4. The molecule has 3 aromatic carbocycles. The van der Waals surface area contributed by atoms with Gasteiger partial charge in [0.2, 0.25) is 5.91 Å². The second-order valence-corrected chi connectivity index (χ2v) is 9.33. The number of ether oxygens (including phenoxy) is 1. The van der Waals surface area contributed by atoms with Crippen molar-refractivity contribution < 1.29 is 22.7 Å². The lowest BCUT2D eigenvalue weighted by Crippen LogP contribution is -2.38. The molecule has 172 valence electrons. The largest absolute Gasteiger partial charge is 0.462 e. The Bertz CT molecular complexity index is 1260. The molecule has 33 heavy (non-hydrogen) atoms. The summed E-state index contributed by atoms with van der Waals surface area (Å²) in [5.41, 5.74) is 1.43. The van der Waals surface area contributed by atoms with Crippen molar-refractivity contribution in [3.05, 3.63) is 88.9 Å². The second-order valence-electron chi connectivity index (χ2n) is 7.06. The summed E-state index contributed by atoms with van der Waals surface area (Å²) in [6.07, 6.45) is 0. The molecule has 0 spiro atoms. The van der Waals surface area contributed by atoms with Gasteiger partial charge in [0, 0.05) is 10.7 Å². The van der Waals surface area contributed by atoms with Gasteiger partial charge in [-0.15, -0.1) is 0 Å². The molecule has 0 saturated heterocycles.